The third-order valence-corrected chi connectivity index (χ3v) is 4.09. The van der Waals surface area contributed by atoms with Gasteiger partial charge in [-0.1, -0.05) is 34.1 Å². The van der Waals surface area contributed by atoms with E-state index in [-0.39, 0.29) is 0 Å². The first-order valence-corrected chi connectivity index (χ1v) is 7.88. The van der Waals surface area contributed by atoms with Crippen LogP contribution in [0.2, 0.25) is 0 Å². The summed E-state index contributed by atoms with van der Waals surface area (Å²) in [5.74, 6) is 1.82. The first-order valence-electron chi connectivity index (χ1n) is 6.55. The highest BCUT2D eigenvalue weighted by molar-refractivity contribution is 9.10. The highest BCUT2D eigenvalue weighted by atomic mass is 79.9. The number of fused-ring (bicyclic) bond motifs is 1. The topological polar surface area (TPSA) is 22.1 Å². The van der Waals surface area contributed by atoms with Crippen LogP contribution in [0.15, 0.2) is 53.0 Å². The lowest BCUT2D eigenvalue weighted by Crippen LogP contribution is -1.93. The molecule has 0 N–H and O–H groups in total. The van der Waals surface area contributed by atoms with Gasteiger partial charge in [0.15, 0.2) is 0 Å². The summed E-state index contributed by atoms with van der Waals surface area (Å²) >= 11 is 9.31. The SMILES string of the molecule is Cc1nc(Oc2ccc3cc(Br)ccc3c2)ccc1CCl. The molecule has 1 heterocycles. The maximum absolute atomic E-state index is 5.84. The minimum atomic E-state index is 0.462. The number of aromatic nitrogens is 1. The van der Waals surface area contributed by atoms with Gasteiger partial charge in [-0.2, -0.15) is 0 Å². The zero-order valence-electron chi connectivity index (χ0n) is 11.4. The summed E-state index contributed by atoms with van der Waals surface area (Å²) in [5, 5.41) is 2.29. The molecular weight excluding hydrogens is 350 g/mol. The number of halogens is 2. The Bertz CT molecular complexity index is 804. The number of hydrogen-bond donors (Lipinski definition) is 0. The summed E-state index contributed by atoms with van der Waals surface area (Å²) in [4.78, 5) is 4.42. The van der Waals surface area contributed by atoms with E-state index in [1.807, 2.05) is 43.3 Å². The minimum Gasteiger partial charge on any atom is -0.439 e. The maximum atomic E-state index is 5.84. The third kappa shape index (κ3) is 3.20. The predicted octanol–water partition coefficient (Wildman–Crippen LogP) is 5.84. The van der Waals surface area contributed by atoms with Crippen molar-refractivity contribution in [2.24, 2.45) is 0 Å². The Hall–Kier alpha value is -1.58. The van der Waals surface area contributed by atoms with Gasteiger partial charge in [0.05, 0.1) is 0 Å². The number of alkyl halides is 1. The van der Waals surface area contributed by atoms with Crippen molar-refractivity contribution in [1.82, 2.24) is 4.98 Å². The standard InChI is InChI=1S/C17H13BrClNO/c1-11-14(10-19)4-7-17(20-11)21-16-6-3-12-8-15(18)5-2-13(12)9-16/h2-9H,10H2,1H3. The Kier molecular flexibility index (Phi) is 4.13. The lowest BCUT2D eigenvalue weighted by Gasteiger charge is -2.08. The second kappa shape index (κ2) is 6.04. The predicted molar refractivity (Wildman–Crippen MR) is 90.3 cm³/mol. The van der Waals surface area contributed by atoms with Gasteiger partial charge < -0.3 is 4.74 Å². The van der Waals surface area contributed by atoms with Gasteiger partial charge in [-0.15, -0.1) is 11.6 Å². The second-order valence-corrected chi connectivity index (χ2v) is 5.97. The molecule has 106 valence electrons. The van der Waals surface area contributed by atoms with E-state index >= 15 is 0 Å². The molecule has 3 aromatic rings. The van der Waals surface area contributed by atoms with Crippen molar-refractivity contribution in [3.05, 3.63) is 64.3 Å². The van der Waals surface area contributed by atoms with E-state index in [0.717, 1.165) is 26.9 Å². The summed E-state index contributed by atoms with van der Waals surface area (Å²) in [6, 6.07) is 15.9. The second-order valence-electron chi connectivity index (χ2n) is 4.78. The Morgan fingerprint density at radius 1 is 1.05 bits per heavy atom. The van der Waals surface area contributed by atoms with E-state index in [1.54, 1.807) is 0 Å². The van der Waals surface area contributed by atoms with Crippen molar-refractivity contribution < 1.29 is 4.74 Å². The molecule has 0 radical (unpaired) electrons. The number of pyridine rings is 1. The van der Waals surface area contributed by atoms with E-state index in [1.165, 1.54) is 5.39 Å². The smallest absolute Gasteiger partial charge is 0.219 e. The molecule has 0 aliphatic heterocycles. The molecule has 0 bridgehead atoms. The number of hydrogen-bond acceptors (Lipinski definition) is 2. The zero-order chi connectivity index (χ0) is 14.8. The zero-order valence-corrected chi connectivity index (χ0v) is 13.8. The summed E-state index contributed by atoms with van der Waals surface area (Å²) in [7, 11) is 0. The van der Waals surface area contributed by atoms with Crippen LogP contribution in [0.5, 0.6) is 11.6 Å². The summed E-state index contributed by atoms with van der Waals surface area (Å²) in [5.41, 5.74) is 1.92. The van der Waals surface area contributed by atoms with Crippen LogP contribution in [0.25, 0.3) is 10.8 Å². The summed E-state index contributed by atoms with van der Waals surface area (Å²) in [6.45, 7) is 1.93. The molecular formula is C17H13BrClNO. The fourth-order valence-electron chi connectivity index (χ4n) is 2.14. The lowest BCUT2D eigenvalue weighted by atomic mass is 10.1. The maximum Gasteiger partial charge on any atom is 0.219 e. The number of benzene rings is 2. The molecule has 0 aliphatic carbocycles. The van der Waals surface area contributed by atoms with E-state index in [2.05, 4.69) is 33.0 Å². The molecule has 0 atom stereocenters. The lowest BCUT2D eigenvalue weighted by molar-refractivity contribution is 0.462. The van der Waals surface area contributed by atoms with Crippen molar-refractivity contribution >= 4 is 38.3 Å². The Morgan fingerprint density at radius 3 is 2.57 bits per heavy atom. The molecule has 0 unspecified atom stereocenters. The monoisotopic (exact) mass is 361 g/mol. The Balaban J connectivity index is 1.91. The van der Waals surface area contributed by atoms with Crippen LogP contribution in [-0.4, -0.2) is 4.98 Å². The molecule has 21 heavy (non-hydrogen) atoms. The number of nitrogens with zero attached hydrogens (tertiary/aromatic N) is 1. The Labute approximate surface area is 136 Å². The quantitative estimate of drug-likeness (QED) is 0.546. The molecule has 3 rings (SSSR count). The summed E-state index contributed by atoms with van der Waals surface area (Å²) < 4.78 is 6.90. The van der Waals surface area contributed by atoms with Crippen LogP contribution in [-0.2, 0) is 5.88 Å². The van der Waals surface area contributed by atoms with Gasteiger partial charge in [0, 0.05) is 22.1 Å². The summed E-state index contributed by atoms with van der Waals surface area (Å²) in [6.07, 6.45) is 0. The molecule has 0 fully saturated rings. The highest BCUT2D eigenvalue weighted by Gasteiger charge is 2.04. The third-order valence-electron chi connectivity index (χ3n) is 3.31. The first kappa shape index (κ1) is 14.4. The minimum absolute atomic E-state index is 0.462. The number of rotatable bonds is 3. The van der Waals surface area contributed by atoms with Crippen LogP contribution in [0.1, 0.15) is 11.3 Å². The van der Waals surface area contributed by atoms with Crippen molar-refractivity contribution in [3.8, 4) is 11.6 Å². The van der Waals surface area contributed by atoms with Gasteiger partial charge in [-0.3, -0.25) is 0 Å². The van der Waals surface area contributed by atoms with Crippen LogP contribution >= 0.6 is 27.5 Å². The number of aryl methyl sites for hydroxylation is 1. The highest BCUT2D eigenvalue weighted by Crippen LogP contribution is 2.27. The molecule has 4 heteroatoms. The van der Waals surface area contributed by atoms with Gasteiger partial charge >= 0.3 is 0 Å². The van der Waals surface area contributed by atoms with Crippen molar-refractivity contribution in [1.29, 1.82) is 0 Å². The largest absolute Gasteiger partial charge is 0.439 e. The van der Waals surface area contributed by atoms with Gasteiger partial charge in [0.1, 0.15) is 5.75 Å². The molecule has 1 aromatic heterocycles. The fraction of sp³-hybridized carbons (Fsp3) is 0.118. The van der Waals surface area contributed by atoms with Crippen molar-refractivity contribution in [2.75, 3.05) is 0 Å². The van der Waals surface area contributed by atoms with E-state index in [4.69, 9.17) is 16.3 Å². The first-order chi connectivity index (χ1) is 10.2. The van der Waals surface area contributed by atoms with Crippen LogP contribution in [0.3, 0.4) is 0 Å². The van der Waals surface area contributed by atoms with Crippen LogP contribution in [0, 0.1) is 6.92 Å². The molecule has 0 saturated heterocycles. The molecule has 2 aromatic carbocycles. The van der Waals surface area contributed by atoms with Gasteiger partial charge in [-0.05, 0) is 47.5 Å². The fourth-order valence-corrected chi connectivity index (χ4v) is 2.81. The van der Waals surface area contributed by atoms with Crippen molar-refractivity contribution in [2.45, 2.75) is 12.8 Å². The number of ether oxygens (including phenoxy) is 1. The molecule has 0 spiro atoms. The van der Waals surface area contributed by atoms with Gasteiger partial charge in [-0.25, -0.2) is 4.98 Å². The van der Waals surface area contributed by atoms with Crippen molar-refractivity contribution in [3.63, 3.8) is 0 Å². The van der Waals surface area contributed by atoms with Crippen LogP contribution in [0.4, 0.5) is 0 Å². The van der Waals surface area contributed by atoms with Crippen LogP contribution < -0.4 is 4.74 Å². The normalized spacial score (nSPS) is 10.8. The molecule has 2 nitrogen and oxygen atoms in total. The molecule has 0 aliphatic rings. The van der Waals surface area contributed by atoms with E-state index in [0.29, 0.717) is 11.8 Å². The molecule has 0 amide bonds. The van der Waals surface area contributed by atoms with E-state index in [9.17, 15) is 0 Å². The Morgan fingerprint density at radius 2 is 1.81 bits per heavy atom. The average molecular weight is 363 g/mol. The van der Waals surface area contributed by atoms with E-state index < -0.39 is 0 Å². The molecule has 0 saturated carbocycles. The average Bonchev–Trinajstić information content (AvgIpc) is 2.48. The van der Waals surface area contributed by atoms with Gasteiger partial charge in [0.25, 0.3) is 0 Å². The van der Waals surface area contributed by atoms with Gasteiger partial charge in [0.2, 0.25) is 5.88 Å².